The molecule has 11 heavy (non-hydrogen) atoms. The number of rotatable bonds is 3. The molecule has 1 N–H and O–H groups in total. The van der Waals surface area contributed by atoms with Gasteiger partial charge in [0.2, 0.25) is 0 Å². The highest BCUT2D eigenvalue weighted by molar-refractivity contribution is 5.10. The van der Waals surface area contributed by atoms with Crippen molar-refractivity contribution in [3.8, 4) is 0 Å². The van der Waals surface area contributed by atoms with Gasteiger partial charge in [-0.2, -0.15) is 0 Å². The second-order valence-corrected chi connectivity index (χ2v) is 3.41. The Hall–Kier alpha value is -0.340. The van der Waals surface area contributed by atoms with Crippen molar-refractivity contribution in [2.75, 3.05) is 13.2 Å². The van der Waals surface area contributed by atoms with E-state index in [9.17, 15) is 0 Å². The van der Waals surface area contributed by atoms with Crippen molar-refractivity contribution in [3.63, 3.8) is 0 Å². The first kappa shape index (κ1) is 7.32. The van der Waals surface area contributed by atoms with Crippen LogP contribution in [0.2, 0.25) is 0 Å². The average Bonchev–Trinajstić information content (AvgIpc) is 2.60. The molecule has 2 aliphatic carbocycles. The van der Waals surface area contributed by atoms with Gasteiger partial charge in [0.25, 0.3) is 0 Å². The monoisotopic (exact) mass is 154 g/mol. The van der Waals surface area contributed by atoms with Gasteiger partial charge in [-0.15, -0.1) is 0 Å². The molecular formula is C9H14O2. The van der Waals surface area contributed by atoms with Crippen LogP contribution in [0.25, 0.3) is 0 Å². The second kappa shape index (κ2) is 2.95. The van der Waals surface area contributed by atoms with E-state index in [4.69, 9.17) is 9.84 Å². The summed E-state index contributed by atoms with van der Waals surface area (Å²) in [6.07, 6.45) is 7.40. The number of aliphatic hydroxyl groups excluding tert-OH is 1. The highest BCUT2D eigenvalue weighted by Crippen LogP contribution is 2.40. The fourth-order valence-electron chi connectivity index (χ4n) is 2.13. The maximum absolute atomic E-state index is 8.55. The minimum Gasteiger partial charge on any atom is -0.394 e. The molecule has 0 saturated heterocycles. The summed E-state index contributed by atoms with van der Waals surface area (Å²) in [5, 5.41) is 8.55. The molecule has 2 rings (SSSR count). The van der Waals surface area contributed by atoms with Crippen LogP contribution in [-0.2, 0) is 4.74 Å². The van der Waals surface area contributed by atoms with Crippen LogP contribution in [-0.4, -0.2) is 24.4 Å². The summed E-state index contributed by atoms with van der Waals surface area (Å²) in [6, 6.07) is 0. The molecule has 0 aromatic heterocycles. The van der Waals surface area contributed by atoms with Gasteiger partial charge in [-0.25, -0.2) is 0 Å². The van der Waals surface area contributed by atoms with Crippen LogP contribution >= 0.6 is 0 Å². The van der Waals surface area contributed by atoms with Crippen molar-refractivity contribution in [2.24, 2.45) is 11.8 Å². The van der Waals surface area contributed by atoms with Crippen molar-refractivity contribution in [2.45, 2.75) is 18.9 Å². The Morgan fingerprint density at radius 3 is 2.82 bits per heavy atom. The fraction of sp³-hybridized carbons (Fsp3) is 0.778. The number of allylic oxidation sites excluding steroid dienone is 1. The summed E-state index contributed by atoms with van der Waals surface area (Å²) in [6.45, 7) is 0.652. The predicted molar refractivity (Wildman–Crippen MR) is 42.2 cm³/mol. The summed E-state index contributed by atoms with van der Waals surface area (Å²) >= 11 is 0. The molecule has 0 unspecified atom stereocenters. The largest absolute Gasteiger partial charge is 0.394 e. The van der Waals surface area contributed by atoms with Crippen LogP contribution in [0.15, 0.2) is 12.2 Å². The molecule has 1 saturated carbocycles. The Morgan fingerprint density at radius 2 is 2.27 bits per heavy atom. The van der Waals surface area contributed by atoms with Crippen LogP contribution in [0, 0.1) is 11.8 Å². The summed E-state index contributed by atoms with van der Waals surface area (Å²) in [5.74, 6) is 1.41. The lowest BCUT2D eigenvalue weighted by Gasteiger charge is -2.17. The van der Waals surface area contributed by atoms with Crippen molar-refractivity contribution in [1.29, 1.82) is 0 Å². The number of hydrogen-bond acceptors (Lipinski definition) is 2. The molecule has 62 valence electrons. The van der Waals surface area contributed by atoms with Crippen molar-refractivity contribution in [3.05, 3.63) is 12.2 Å². The predicted octanol–water partition coefficient (Wildman–Crippen LogP) is 0.960. The van der Waals surface area contributed by atoms with E-state index in [0.29, 0.717) is 18.6 Å². The van der Waals surface area contributed by atoms with E-state index in [-0.39, 0.29) is 6.61 Å². The van der Waals surface area contributed by atoms with Crippen molar-refractivity contribution >= 4 is 0 Å². The normalized spacial score (nSPS) is 40.3. The Balaban J connectivity index is 1.84. The first-order valence-electron chi connectivity index (χ1n) is 4.31. The van der Waals surface area contributed by atoms with E-state index in [1.54, 1.807) is 0 Å². The first-order chi connectivity index (χ1) is 5.40. The molecule has 0 amide bonds. The SMILES string of the molecule is OCCO[C@H]1C[C@H]2C=C[C@H]1C2. The number of hydrogen-bond donors (Lipinski definition) is 1. The molecule has 1 fully saturated rings. The minimum atomic E-state index is 0.150. The third-order valence-electron chi connectivity index (χ3n) is 2.64. The Labute approximate surface area is 66.9 Å². The quantitative estimate of drug-likeness (QED) is 0.613. The first-order valence-corrected chi connectivity index (χ1v) is 4.31. The lowest BCUT2D eigenvalue weighted by molar-refractivity contribution is 0.0152. The molecule has 0 aliphatic heterocycles. The van der Waals surface area contributed by atoms with Gasteiger partial charge in [0.15, 0.2) is 0 Å². The van der Waals surface area contributed by atoms with E-state index in [1.807, 2.05) is 0 Å². The minimum absolute atomic E-state index is 0.150. The van der Waals surface area contributed by atoms with Crippen LogP contribution in [0.5, 0.6) is 0 Å². The van der Waals surface area contributed by atoms with Crippen LogP contribution in [0.1, 0.15) is 12.8 Å². The molecule has 2 aliphatic rings. The zero-order valence-electron chi connectivity index (χ0n) is 6.57. The third-order valence-corrected chi connectivity index (χ3v) is 2.64. The molecule has 0 aromatic rings. The zero-order valence-corrected chi connectivity index (χ0v) is 6.57. The number of ether oxygens (including phenoxy) is 1. The summed E-state index contributed by atoms with van der Waals surface area (Å²) in [4.78, 5) is 0. The van der Waals surface area contributed by atoms with E-state index >= 15 is 0 Å². The Bertz CT molecular complexity index is 165. The third kappa shape index (κ3) is 1.33. The van der Waals surface area contributed by atoms with Gasteiger partial charge < -0.3 is 9.84 Å². The van der Waals surface area contributed by atoms with Crippen LogP contribution in [0.4, 0.5) is 0 Å². The molecule has 0 heterocycles. The summed E-state index contributed by atoms with van der Waals surface area (Å²) in [5.41, 5.74) is 0. The average molecular weight is 154 g/mol. The van der Waals surface area contributed by atoms with Gasteiger partial charge in [-0.1, -0.05) is 12.2 Å². The van der Waals surface area contributed by atoms with Crippen LogP contribution < -0.4 is 0 Å². The zero-order chi connectivity index (χ0) is 7.68. The van der Waals surface area contributed by atoms with E-state index in [1.165, 1.54) is 12.8 Å². The van der Waals surface area contributed by atoms with Gasteiger partial charge in [0.1, 0.15) is 0 Å². The van der Waals surface area contributed by atoms with Gasteiger partial charge in [0, 0.05) is 5.92 Å². The molecule has 2 heteroatoms. The van der Waals surface area contributed by atoms with E-state index < -0.39 is 0 Å². The smallest absolute Gasteiger partial charge is 0.0701 e. The van der Waals surface area contributed by atoms with Gasteiger partial charge in [-0.05, 0) is 18.8 Å². The fourth-order valence-corrected chi connectivity index (χ4v) is 2.13. The summed E-state index contributed by atoms with van der Waals surface area (Å²) in [7, 11) is 0. The molecular weight excluding hydrogens is 140 g/mol. The van der Waals surface area contributed by atoms with Gasteiger partial charge in [0.05, 0.1) is 19.3 Å². The molecule has 2 nitrogen and oxygen atoms in total. The lowest BCUT2D eigenvalue weighted by Crippen LogP contribution is -2.19. The highest BCUT2D eigenvalue weighted by atomic mass is 16.5. The molecule has 3 atom stereocenters. The van der Waals surface area contributed by atoms with Crippen molar-refractivity contribution in [1.82, 2.24) is 0 Å². The molecule has 0 aromatic carbocycles. The number of fused-ring (bicyclic) bond motifs is 2. The Kier molecular flexibility index (Phi) is 1.96. The van der Waals surface area contributed by atoms with Crippen molar-refractivity contribution < 1.29 is 9.84 Å². The molecule has 0 radical (unpaired) electrons. The van der Waals surface area contributed by atoms with E-state index in [2.05, 4.69) is 12.2 Å². The topological polar surface area (TPSA) is 29.5 Å². The highest BCUT2D eigenvalue weighted by Gasteiger charge is 2.35. The van der Waals surface area contributed by atoms with Crippen LogP contribution in [0.3, 0.4) is 0 Å². The lowest BCUT2D eigenvalue weighted by atomic mass is 10.1. The van der Waals surface area contributed by atoms with Gasteiger partial charge in [-0.3, -0.25) is 0 Å². The molecule has 0 spiro atoms. The Morgan fingerprint density at radius 1 is 1.36 bits per heavy atom. The van der Waals surface area contributed by atoms with Gasteiger partial charge >= 0.3 is 0 Å². The van der Waals surface area contributed by atoms with E-state index in [0.717, 1.165) is 5.92 Å². The second-order valence-electron chi connectivity index (χ2n) is 3.41. The maximum Gasteiger partial charge on any atom is 0.0701 e. The maximum atomic E-state index is 8.55. The number of aliphatic hydroxyl groups is 1. The molecule has 2 bridgehead atoms. The standard InChI is InChI=1S/C9H14O2/c10-3-4-11-9-6-7-1-2-8(9)5-7/h1-2,7-10H,3-6H2/t7-,8-,9-/m0/s1. The summed E-state index contributed by atoms with van der Waals surface area (Å²) < 4.78 is 5.48.